The fourth-order valence-corrected chi connectivity index (χ4v) is 2.79. The number of aliphatic hydroxyl groups is 1. The summed E-state index contributed by atoms with van der Waals surface area (Å²) >= 11 is 3.40. The summed E-state index contributed by atoms with van der Waals surface area (Å²) in [5, 5.41) is 14.0. The first kappa shape index (κ1) is 19.1. The van der Waals surface area contributed by atoms with E-state index in [4.69, 9.17) is 4.42 Å². The summed E-state index contributed by atoms with van der Waals surface area (Å²) in [6, 6.07) is 20.7. The number of furan rings is 1. The SMILES string of the molecule is O=C(CC[C@@H](O)c1ccccc1)N/N=C\c1ccc(-c2ccc(Br)cc2)o1. The van der Waals surface area contributed by atoms with E-state index in [1.165, 1.54) is 6.21 Å². The second-order valence-corrected chi connectivity index (χ2v) is 6.88. The van der Waals surface area contributed by atoms with Gasteiger partial charge in [0, 0.05) is 16.5 Å². The molecule has 5 nitrogen and oxygen atoms in total. The van der Waals surface area contributed by atoms with Crippen LogP contribution in [0.5, 0.6) is 0 Å². The molecule has 0 saturated carbocycles. The van der Waals surface area contributed by atoms with Crippen molar-refractivity contribution in [2.45, 2.75) is 18.9 Å². The molecule has 1 amide bonds. The van der Waals surface area contributed by atoms with E-state index in [1.54, 1.807) is 6.07 Å². The first-order valence-corrected chi connectivity index (χ1v) is 9.32. The third kappa shape index (κ3) is 5.64. The summed E-state index contributed by atoms with van der Waals surface area (Å²) in [6.07, 6.45) is 1.29. The average molecular weight is 427 g/mol. The van der Waals surface area contributed by atoms with E-state index >= 15 is 0 Å². The van der Waals surface area contributed by atoms with Crippen LogP contribution in [0.2, 0.25) is 0 Å². The predicted octanol–water partition coefficient (Wildman–Crippen LogP) is 4.67. The highest BCUT2D eigenvalue weighted by Gasteiger charge is 2.09. The maximum Gasteiger partial charge on any atom is 0.240 e. The largest absolute Gasteiger partial charge is 0.455 e. The van der Waals surface area contributed by atoms with Crippen molar-refractivity contribution in [1.82, 2.24) is 5.43 Å². The Morgan fingerprint density at radius 2 is 1.85 bits per heavy atom. The van der Waals surface area contributed by atoms with Crippen molar-refractivity contribution in [3.63, 3.8) is 0 Å². The van der Waals surface area contributed by atoms with Crippen LogP contribution in [-0.4, -0.2) is 17.2 Å². The number of carbonyl (C=O) groups excluding carboxylic acids is 1. The standard InChI is InChI=1S/C21H19BrN2O3/c22-17-8-6-16(7-9-17)20-12-10-18(27-20)14-23-24-21(26)13-11-19(25)15-4-2-1-3-5-15/h1-10,12,14,19,25H,11,13H2,(H,24,26)/b23-14-/t19-/m1/s1. The zero-order chi connectivity index (χ0) is 19.1. The van der Waals surface area contributed by atoms with E-state index in [1.807, 2.05) is 60.7 Å². The summed E-state index contributed by atoms with van der Waals surface area (Å²) < 4.78 is 6.69. The zero-order valence-corrected chi connectivity index (χ0v) is 16.1. The molecule has 0 aliphatic heterocycles. The molecule has 27 heavy (non-hydrogen) atoms. The van der Waals surface area contributed by atoms with Crippen molar-refractivity contribution >= 4 is 28.1 Å². The second kappa shape index (κ2) is 9.30. The molecule has 0 aliphatic carbocycles. The average Bonchev–Trinajstić information content (AvgIpc) is 3.16. The van der Waals surface area contributed by atoms with E-state index in [-0.39, 0.29) is 12.3 Å². The van der Waals surface area contributed by atoms with Crippen LogP contribution in [0.1, 0.15) is 30.3 Å². The Morgan fingerprint density at radius 1 is 1.11 bits per heavy atom. The van der Waals surface area contributed by atoms with Crippen molar-refractivity contribution in [2.24, 2.45) is 5.10 Å². The van der Waals surface area contributed by atoms with Crippen LogP contribution in [-0.2, 0) is 4.79 Å². The van der Waals surface area contributed by atoms with Gasteiger partial charge in [-0.15, -0.1) is 0 Å². The highest BCUT2D eigenvalue weighted by Crippen LogP contribution is 2.23. The van der Waals surface area contributed by atoms with Crippen LogP contribution >= 0.6 is 15.9 Å². The fourth-order valence-electron chi connectivity index (χ4n) is 2.52. The second-order valence-electron chi connectivity index (χ2n) is 5.97. The van der Waals surface area contributed by atoms with Gasteiger partial charge in [-0.1, -0.05) is 58.4 Å². The van der Waals surface area contributed by atoms with Gasteiger partial charge < -0.3 is 9.52 Å². The van der Waals surface area contributed by atoms with Gasteiger partial charge in [0.2, 0.25) is 5.91 Å². The van der Waals surface area contributed by atoms with Crippen molar-refractivity contribution in [1.29, 1.82) is 0 Å². The fraction of sp³-hybridized carbons (Fsp3) is 0.143. The summed E-state index contributed by atoms with van der Waals surface area (Å²) in [5.74, 6) is 1.000. The topological polar surface area (TPSA) is 74.8 Å². The summed E-state index contributed by atoms with van der Waals surface area (Å²) in [4.78, 5) is 11.9. The van der Waals surface area contributed by atoms with Gasteiger partial charge in [0.1, 0.15) is 11.5 Å². The first-order valence-electron chi connectivity index (χ1n) is 8.52. The molecule has 2 N–H and O–H groups in total. The lowest BCUT2D eigenvalue weighted by Crippen LogP contribution is -2.18. The van der Waals surface area contributed by atoms with E-state index in [2.05, 4.69) is 26.5 Å². The van der Waals surface area contributed by atoms with Crippen LogP contribution < -0.4 is 5.43 Å². The van der Waals surface area contributed by atoms with E-state index in [0.29, 0.717) is 12.2 Å². The number of halogens is 1. The lowest BCUT2D eigenvalue weighted by atomic mass is 10.1. The normalized spacial score (nSPS) is 12.2. The van der Waals surface area contributed by atoms with Crippen molar-refractivity contribution in [3.8, 4) is 11.3 Å². The molecule has 3 rings (SSSR count). The molecule has 0 fully saturated rings. The highest BCUT2D eigenvalue weighted by atomic mass is 79.9. The maximum absolute atomic E-state index is 11.9. The number of hydrogen-bond acceptors (Lipinski definition) is 4. The Balaban J connectivity index is 1.47. The van der Waals surface area contributed by atoms with Crippen molar-refractivity contribution in [3.05, 3.63) is 82.5 Å². The third-order valence-corrected chi connectivity index (χ3v) is 4.49. The van der Waals surface area contributed by atoms with Crippen molar-refractivity contribution < 1.29 is 14.3 Å². The number of nitrogens with one attached hydrogen (secondary N) is 1. The van der Waals surface area contributed by atoms with Gasteiger partial charge in [0.15, 0.2) is 0 Å². The Labute approximate surface area is 165 Å². The van der Waals surface area contributed by atoms with Gasteiger partial charge >= 0.3 is 0 Å². The predicted molar refractivity (Wildman–Crippen MR) is 108 cm³/mol. The minimum Gasteiger partial charge on any atom is -0.455 e. The number of benzene rings is 2. The number of amides is 1. The lowest BCUT2D eigenvalue weighted by Gasteiger charge is -2.09. The molecular weight excluding hydrogens is 408 g/mol. The molecule has 0 bridgehead atoms. The quantitative estimate of drug-likeness (QED) is 0.425. The number of hydrazone groups is 1. The third-order valence-electron chi connectivity index (χ3n) is 3.97. The Hall–Kier alpha value is -2.70. The zero-order valence-electron chi connectivity index (χ0n) is 14.5. The molecule has 1 aromatic heterocycles. The van der Waals surface area contributed by atoms with E-state index < -0.39 is 6.10 Å². The van der Waals surface area contributed by atoms with E-state index in [9.17, 15) is 9.90 Å². The molecule has 0 radical (unpaired) electrons. The molecule has 0 unspecified atom stereocenters. The minimum absolute atomic E-state index is 0.176. The van der Waals surface area contributed by atoms with Crippen LogP contribution in [0.4, 0.5) is 0 Å². The summed E-state index contributed by atoms with van der Waals surface area (Å²) in [7, 11) is 0. The number of rotatable bonds is 7. The monoisotopic (exact) mass is 426 g/mol. The first-order chi connectivity index (χ1) is 13.1. The highest BCUT2D eigenvalue weighted by molar-refractivity contribution is 9.10. The molecule has 1 atom stereocenters. The Morgan fingerprint density at radius 3 is 2.59 bits per heavy atom. The van der Waals surface area contributed by atoms with Gasteiger partial charge in [-0.05, 0) is 36.2 Å². The number of nitrogens with zero attached hydrogens (tertiary/aromatic N) is 1. The Kier molecular flexibility index (Phi) is 6.57. The Bertz CT molecular complexity index is 905. The molecule has 2 aromatic carbocycles. The van der Waals surface area contributed by atoms with Gasteiger partial charge in [-0.2, -0.15) is 5.10 Å². The molecule has 6 heteroatoms. The summed E-state index contributed by atoms with van der Waals surface area (Å²) in [5.41, 5.74) is 4.20. The maximum atomic E-state index is 11.9. The smallest absolute Gasteiger partial charge is 0.240 e. The number of carbonyl (C=O) groups is 1. The molecule has 0 saturated heterocycles. The lowest BCUT2D eigenvalue weighted by molar-refractivity contribution is -0.121. The van der Waals surface area contributed by atoms with Gasteiger partial charge in [-0.3, -0.25) is 4.79 Å². The van der Waals surface area contributed by atoms with E-state index in [0.717, 1.165) is 21.4 Å². The van der Waals surface area contributed by atoms with Gasteiger partial charge in [0.05, 0.1) is 12.3 Å². The van der Waals surface area contributed by atoms with Gasteiger partial charge in [-0.25, -0.2) is 5.43 Å². The summed E-state index contributed by atoms with van der Waals surface area (Å²) in [6.45, 7) is 0. The molecule has 1 heterocycles. The van der Waals surface area contributed by atoms with Crippen LogP contribution in [0.15, 0.2) is 80.7 Å². The molecule has 0 spiro atoms. The van der Waals surface area contributed by atoms with Crippen molar-refractivity contribution in [2.75, 3.05) is 0 Å². The molecular formula is C21H19BrN2O3. The number of hydrogen-bond donors (Lipinski definition) is 2. The minimum atomic E-state index is -0.667. The molecule has 0 aliphatic rings. The van der Waals surface area contributed by atoms with Crippen LogP contribution in [0, 0.1) is 0 Å². The van der Waals surface area contributed by atoms with Crippen LogP contribution in [0.3, 0.4) is 0 Å². The number of aliphatic hydroxyl groups excluding tert-OH is 1. The van der Waals surface area contributed by atoms with Gasteiger partial charge in [0.25, 0.3) is 0 Å². The molecule has 3 aromatic rings. The molecule has 138 valence electrons. The van der Waals surface area contributed by atoms with Crippen LogP contribution in [0.25, 0.3) is 11.3 Å².